The van der Waals surface area contributed by atoms with E-state index >= 15 is 0 Å². The Morgan fingerprint density at radius 2 is 0.500 bits per heavy atom. The maximum absolute atomic E-state index is 12.9. The molecule has 392 valence electrons. The zero-order chi connectivity index (χ0) is 48.1. The second kappa shape index (κ2) is 54.4. The van der Waals surface area contributed by atoms with Gasteiger partial charge in [0.05, 0.1) is 0 Å². The number of ether oxygens (including phenoxy) is 3. The molecule has 0 rings (SSSR count). The molecular weight excluding hydrogens is 817 g/mol. The van der Waals surface area contributed by atoms with Gasteiger partial charge in [-0.25, -0.2) is 0 Å². The normalized spacial score (nSPS) is 12.0. The van der Waals surface area contributed by atoms with Gasteiger partial charge in [0.25, 0.3) is 0 Å². The Hall–Kier alpha value is -1.59. The molecule has 0 aliphatic heterocycles. The fraction of sp³-hybridized carbons (Fsp3) is 0.950. The summed E-state index contributed by atoms with van der Waals surface area (Å²) in [6.07, 6.45) is 59.6. The third-order valence-electron chi connectivity index (χ3n) is 13.8. The Kier molecular flexibility index (Phi) is 53.0. The highest BCUT2D eigenvalue weighted by atomic mass is 16.6. The summed E-state index contributed by atoms with van der Waals surface area (Å²) in [5, 5.41) is 0. The largest absolute Gasteiger partial charge is 0.462 e. The van der Waals surface area contributed by atoms with Crippen LogP contribution in [-0.2, 0) is 28.6 Å². The van der Waals surface area contributed by atoms with Gasteiger partial charge in [0.1, 0.15) is 13.2 Å². The van der Waals surface area contributed by atoms with Gasteiger partial charge in [-0.15, -0.1) is 0 Å². The summed E-state index contributed by atoms with van der Waals surface area (Å²) >= 11 is 0. The lowest BCUT2D eigenvalue weighted by Gasteiger charge is -2.18. The molecule has 0 saturated heterocycles. The molecule has 0 heterocycles. The molecule has 6 nitrogen and oxygen atoms in total. The van der Waals surface area contributed by atoms with Crippen LogP contribution >= 0.6 is 0 Å². The van der Waals surface area contributed by atoms with Crippen LogP contribution < -0.4 is 0 Å². The molecule has 0 fully saturated rings. The van der Waals surface area contributed by atoms with Crippen molar-refractivity contribution in [1.82, 2.24) is 0 Å². The van der Waals surface area contributed by atoms with Gasteiger partial charge < -0.3 is 14.2 Å². The Labute approximate surface area is 412 Å². The molecule has 0 aromatic carbocycles. The van der Waals surface area contributed by atoms with Crippen molar-refractivity contribution in [3.63, 3.8) is 0 Å². The summed E-state index contributed by atoms with van der Waals surface area (Å²) in [5.74, 6) is 0.0245. The summed E-state index contributed by atoms with van der Waals surface area (Å²) < 4.78 is 16.9. The van der Waals surface area contributed by atoms with E-state index in [0.29, 0.717) is 19.3 Å². The van der Waals surface area contributed by atoms with Crippen molar-refractivity contribution in [3.05, 3.63) is 0 Å². The molecule has 0 radical (unpaired) electrons. The predicted octanol–water partition coefficient (Wildman–Crippen LogP) is 19.8. The Morgan fingerprint density at radius 1 is 0.288 bits per heavy atom. The van der Waals surface area contributed by atoms with Gasteiger partial charge in [-0.2, -0.15) is 0 Å². The molecule has 0 aliphatic carbocycles. The van der Waals surface area contributed by atoms with E-state index in [4.69, 9.17) is 14.2 Å². The monoisotopic (exact) mass is 933 g/mol. The quantitative estimate of drug-likeness (QED) is 0.0343. The van der Waals surface area contributed by atoms with Crippen molar-refractivity contribution in [2.24, 2.45) is 5.92 Å². The molecule has 0 amide bonds. The van der Waals surface area contributed by atoms with Crippen LogP contribution in [0, 0.1) is 5.92 Å². The highest BCUT2D eigenvalue weighted by Gasteiger charge is 2.19. The van der Waals surface area contributed by atoms with E-state index in [-0.39, 0.29) is 31.1 Å². The number of carbonyl (C=O) groups is 3. The number of carbonyl (C=O) groups excluding carboxylic acids is 3. The summed E-state index contributed by atoms with van der Waals surface area (Å²) in [5.41, 5.74) is 0. The lowest BCUT2D eigenvalue weighted by Crippen LogP contribution is -2.30. The maximum Gasteiger partial charge on any atom is 0.306 e. The molecule has 0 saturated carbocycles. The molecular formula is C60H116O6. The maximum atomic E-state index is 12.9. The summed E-state index contributed by atoms with van der Waals surface area (Å²) in [4.78, 5) is 38.1. The van der Waals surface area contributed by atoms with Crippen LogP contribution in [0.2, 0.25) is 0 Å². The standard InChI is InChI=1S/C60H116O6/c1-5-7-9-11-13-15-17-18-19-25-28-32-36-40-44-48-52-59(62)65-55-57(54-64-58(61)51-47-43-39-35-30-16-14-12-10-8-6-2)66-60(63)53-49-45-41-37-33-29-26-23-21-20-22-24-27-31-34-38-42-46-50-56(3)4/h56-57H,5-55H2,1-4H3/t57-/m1/s1. The van der Waals surface area contributed by atoms with Gasteiger partial charge in [0.15, 0.2) is 6.10 Å². The minimum absolute atomic E-state index is 0.0616. The van der Waals surface area contributed by atoms with Crippen LogP contribution in [-0.4, -0.2) is 37.2 Å². The summed E-state index contributed by atoms with van der Waals surface area (Å²) in [6.45, 7) is 9.07. The summed E-state index contributed by atoms with van der Waals surface area (Å²) in [6, 6.07) is 0. The van der Waals surface area contributed by atoms with Crippen LogP contribution in [0.15, 0.2) is 0 Å². The van der Waals surface area contributed by atoms with Gasteiger partial charge in [-0.05, 0) is 25.2 Å². The van der Waals surface area contributed by atoms with Gasteiger partial charge in [0, 0.05) is 19.3 Å². The second-order valence-corrected chi connectivity index (χ2v) is 21.1. The Morgan fingerprint density at radius 3 is 0.742 bits per heavy atom. The fourth-order valence-electron chi connectivity index (χ4n) is 9.28. The third-order valence-corrected chi connectivity index (χ3v) is 13.8. The average Bonchev–Trinajstić information content (AvgIpc) is 3.30. The first-order valence-electron chi connectivity index (χ1n) is 29.9. The molecule has 1 atom stereocenters. The first kappa shape index (κ1) is 64.4. The summed E-state index contributed by atoms with van der Waals surface area (Å²) in [7, 11) is 0. The van der Waals surface area contributed by atoms with Crippen molar-refractivity contribution in [2.45, 2.75) is 348 Å². The van der Waals surface area contributed by atoms with Gasteiger partial charge in [0.2, 0.25) is 0 Å². The molecule has 66 heavy (non-hydrogen) atoms. The van der Waals surface area contributed by atoms with Crippen LogP contribution in [0.1, 0.15) is 342 Å². The van der Waals surface area contributed by atoms with Crippen LogP contribution in [0.5, 0.6) is 0 Å². The highest BCUT2D eigenvalue weighted by Crippen LogP contribution is 2.18. The van der Waals surface area contributed by atoms with Crippen molar-refractivity contribution in [1.29, 1.82) is 0 Å². The topological polar surface area (TPSA) is 78.9 Å². The van der Waals surface area contributed by atoms with Crippen molar-refractivity contribution >= 4 is 17.9 Å². The van der Waals surface area contributed by atoms with Crippen LogP contribution in [0.25, 0.3) is 0 Å². The second-order valence-electron chi connectivity index (χ2n) is 21.1. The lowest BCUT2D eigenvalue weighted by atomic mass is 10.0. The van der Waals surface area contributed by atoms with E-state index in [1.54, 1.807) is 0 Å². The predicted molar refractivity (Wildman–Crippen MR) is 284 cm³/mol. The molecule has 0 spiro atoms. The smallest absolute Gasteiger partial charge is 0.306 e. The van der Waals surface area contributed by atoms with E-state index in [1.807, 2.05) is 0 Å². The number of unbranched alkanes of at least 4 members (excludes halogenated alkanes) is 42. The molecule has 6 heteroatoms. The Bertz CT molecular complexity index is 996. The number of rotatable bonds is 55. The van der Waals surface area contributed by atoms with Crippen LogP contribution in [0.3, 0.4) is 0 Å². The molecule has 0 aromatic rings. The molecule has 0 N–H and O–H groups in total. The number of esters is 3. The van der Waals surface area contributed by atoms with Gasteiger partial charge in [-0.1, -0.05) is 304 Å². The molecule has 0 aromatic heterocycles. The minimum atomic E-state index is -0.761. The molecule has 0 unspecified atom stereocenters. The number of hydrogen-bond donors (Lipinski definition) is 0. The van der Waals surface area contributed by atoms with E-state index in [0.717, 1.165) is 63.7 Å². The van der Waals surface area contributed by atoms with E-state index < -0.39 is 6.10 Å². The SMILES string of the molecule is CCCCCCCCCCCCCCCCCCC(=O)OC[C@@H](COC(=O)CCCCCCCCCCCCC)OC(=O)CCCCCCCCCCCCCCCCCCCCC(C)C. The van der Waals surface area contributed by atoms with Crippen LogP contribution in [0.4, 0.5) is 0 Å². The first-order chi connectivity index (χ1) is 32.4. The highest BCUT2D eigenvalue weighted by molar-refractivity contribution is 5.71. The molecule has 0 bridgehead atoms. The van der Waals surface area contributed by atoms with E-state index in [2.05, 4.69) is 27.7 Å². The molecule has 0 aliphatic rings. The van der Waals surface area contributed by atoms with Gasteiger partial charge in [-0.3, -0.25) is 14.4 Å². The van der Waals surface area contributed by atoms with Gasteiger partial charge >= 0.3 is 17.9 Å². The zero-order valence-corrected chi connectivity index (χ0v) is 45.2. The third kappa shape index (κ3) is 53.4. The first-order valence-corrected chi connectivity index (χ1v) is 29.9. The van der Waals surface area contributed by atoms with E-state index in [1.165, 1.54) is 238 Å². The zero-order valence-electron chi connectivity index (χ0n) is 45.2. The minimum Gasteiger partial charge on any atom is -0.462 e. The van der Waals surface area contributed by atoms with E-state index in [9.17, 15) is 14.4 Å². The van der Waals surface area contributed by atoms with Crippen molar-refractivity contribution in [3.8, 4) is 0 Å². The average molecular weight is 934 g/mol. The number of hydrogen-bond acceptors (Lipinski definition) is 6. The van der Waals surface area contributed by atoms with Crippen molar-refractivity contribution in [2.75, 3.05) is 13.2 Å². The van der Waals surface area contributed by atoms with Crippen molar-refractivity contribution < 1.29 is 28.6 Å². The Balaban J connectivity index is 4.23. The fourth-order valence-corrected chi connectivity index (χ4v) is 9.28. The lowest BCUT2D eigenvalue weighted by molar-refractivity contribution is -0.167.